The van der Waals surface area contributed by atoms with E-state index in [0.29, 0.717) is 0 Å². The first kappa shape index (κ1) is 20.1. The zero-order valence-corrected chi connectivity index (χ0v) is 17.4. The normalized spacial score (nSPS) is 19.9. The summed E-state index contributed by atoms with van der Waals surface area (Å²) in [5.41, 5.74) is 5.18. The molecule has 27 heavy (non-hydrogen) atoms. The Morgan fingerprint density at radius 2 is 1.63 bits per heavy atom. The average Bonchev–Trinajstić information content (AvgIpc) is 2.73. The van der Waals surface area contributed by atoms with Crippen LogP contribution in [0.3, 0.4) is 0 Å². The highest BCUT2D eigenvalue weighted by Gasteiger charge is 2.20. The number of aromatic nitrogens is 1. The fourth-order valence-corrected chi connectivity index (χ4v) is 4.57. The van der Waals surface area contributed by atoms with E-state index in [1.165, 1.54) is 80.9 Å². The molecular formula is C26H37N. The van der Waals surface area contributed by atoms with E-state index in [-0.39, 0.29) is 0 Å². The van der Waals surface area contributed by atoms with Crippen LogP contribution in [0.5, 0.6) is 0 Å². The summed E-state index contributed by atoms with van der Waals surface area (Å²) in [6.07, 6.45) is 16.8. The molecule has 2 aromatic rings. The van der Waals surface area contributed by atoms with Gasteiger partial charge in [-0.1, -0.05) is 82.7 Å². The van der Waals surface area contributed by atoms with Gasteiger partial charge in [0, 0.05) is 11.8 Å². The van der Waals surface area contributed by atoms with Crippen molar-refractivity contribution >= 4 is 0 Å². The van der Waals surface area contributed by atoms with Gasteiger partial charge in [0.05, 0.1) is 5.69 Å². The van der Waals surface area contributed by atoms with E-state index in [9.17, 15) is 0 Å². The summed E-state index contributed by atoms with van der Waals surface area (Å²) in [6.45, 7) is 4.61. The molecule has 1 aromatic heterocycles. The molecule has 0 N–H and O–H groups in total. The van der Waals surface area contributed by atoms with E-state index in [1.54, 1.807) is 0 Å². The molecule has 0 spiro atoms. The Bertz CT molecular complexity index is 656. The fraction of sp³-hybridized carbons (Fsp3) is 0.577. The van der Waals surface area contributed by atoms with Gasteiger partial charge in [-0.05, 0) is 61.1 Å². The van der Waals surface area contributed by atoms with Crippen LogP contribution in [0.4, 0.5) is 0 Å². The summed E-state index contributed by atoms with van der Waals surface area (Å²) in [6, 6.07) is 13.6. The molecule has 146 valence electrons. The minimum Gasteiger partial charge on any atom is -0.256 e. The van der Waals surface area contributed by atoms with E-state index in [1.807, 2.05) is 0 Å². The van der Waals surface area contributed by atoms with Gasteiger partial charge in [0.25, 0.3) is 0 Å². The molecule has 1 fully saturated rings. The van der Waals surface area contributed by atoms with Gasteiger partial charge in [0.1, 0.15) is 0 Å². The van der Waals surface area contributed by atoms with Crippen LogP contribution in [0.25, 0.3) is 11.3 Å². The maximum absolute atomic E-state index is 4.69. The molecule has 1 heteroatoms. The van der Waals surface area contributed by atoms with Gasteiger partial charge in [-0.25, -0.2) is 0 Å². The molecule has 2 unspecified atom stereocenters. The summed E-state index contributed by atoms with van der Waals surface area (Å²) in [5.74, 6) is 1.94. The van der Waals surface area contributed by atoms with Crippen LogP contribution in [0, 0.1) is 11.8 Å². The molecule has 2 atom stereocenters. The van der Waals surface area contributed by atoms with Crippen molar-refractivity contribution in [2.75, 3.05) is 0 Å². The van der Waals surface area contributed by atoms with E-state index < -0.39 is 0 Å². The maximum Gasteiger partial charge on any atom is 0.0702 e. The lowest BCUT2D eigenvalue weighted by Gasteiger charge is -2.28. The zero-order chi connectivity index (χ0) is 18.9. The van der Waals surface area contributed by atoms with Crippen molar-refractivity contribution < 1.29 is 0 Å². The largest absolute Gasteiger partial charge is 0.256 e. The first-order valence-corrected chi connectivity index (χ1v) is 11.3. The Kier molecular flexibility index (Phi) is 7.93. The Morgan fingerprint density at radius 3 is 2.33 bits per heavy atom. The molecule has 1 nitrogen and oxygen atoms in total. The molecule has 1 saturated carbocycles. The maximum atomic E-state index is 4.69. The first-order valence-electron chi connectivity index (χ1n) is 11.3. The fourth-order valence-electron chi connectivity index (χ4n) is 4.57. The van der Waals surface area contributed by atoms with Crippen LogP contribution in [-0.4, -0.2) is 4.98 Å². The number of aryl methyl sites for hydroxylation is 2. The first-order chi connectivity index (χ1) is 13.3. The van der Waals surface area contributed by atoms with Crippen molar-refractivity contribution in [3.8, 4) is 11.3 Å². The molecular weight excluding hydrogens is 326 g/mol. The SMILES string of the molecule is CCCCCc1ccc(-c2ccc(CCC3CCCC(CC)C3)cc2)nc1. The van der Waals surface area contributed by atoms with Gasteiger partial charge in [-0.3, -0.25) is 4.98 Å². The molecule has 1 aromatic carbocycles. The summed E-state index contributed by atoms with van der Waals surface area (Å²) in [7, 11) is 0. The van der Waals surface area contributed by atoms with E-state index in [0.717, 1.165) is 24.0 Å². The number of hydrogen-bond donors (Lipinski definition) is 0. The molecule has 1 aliphatic carbocycles. The summed E-state index contributed by atoms with van der Waals surface area (Å²) >= 11 is 0. The predicted molar refractivity (Wildman–Crippen MR) is 117 cm³/mol. The summed E-state index contributed by atoms with van der Waals surface area (Å²) in [4.78, 5) is 4.69. The third kappa shape index (κ3) is 6.19. The number of hydrogen-bond acceptors (Lipinski definition) is 1. The minimum absolute atomic E-state index is 0.949. The third-order valence-electron chi connectivity index (χ3n) is 6.45. The lowest BCUT2D eigenvalue weighted by Crippen LogP contribution is -2.15. The van der Waals surface area contributed by atoms with Crippen molar-refractivity contribution in [2.24, 2.45) is 11.8 Å². The molecule has 0 saturated heterocycles. The number of pyridine rings is 1. The van der Waals surface area contributed by atoms with E-state index in [4.69, 9.17) is 4.98 Å². The minimum atomic E-state index is 0.949. The highest BCUT2D eigenvalue weighted by atomic mass is 14.7. The zero-order valence-electron chi connectivity index (χ0n) is 17.4. The molecule has 0 amide bonds. The van der Waals surface area contributed by atoms with Crippen molar-refractivity contribution in [3.05, 3.63) is 53.7 Å². The van der Waals surface area contributed by atoms with Crippen molar-refractivity contribution in [1.29, 1.82) is 0 Å². The van der Waals surface area contributed by atoms with Gasteiger partial charge in [0.2, 0.25) is 0 Å². The van der Waals surface area contributed by atoms with Gasteiger partial charge in [0.15, 0.2) is 0 Å². The summed E-state index contributed by atoms with van der Waals surface area (Å²) in [5, 5.41) is 0. The van der Waals surface area contributed by atoms with Crippen LogP contribution in [0.15, 0.2) is 42.6 Å². The molecule has 3 rings (SSSR count). The molecule has 0 radical (unpaired) electrons. The lowest BCUT2D eigenvalue weighted by molar-refractivity contribution is 0.250. The Labute approximate surface area is 166 Å². The quantitative estimate of drug-likeness (QED) is 0.417. The average molecular weight is 364 g/mol. The van der Waals surface area contributed by atoms with Crippen LogP contribution >= 0.6 is 0 Å². The summed E-state index contributed by atoms with van der Waals surface area (Å²) < 4.78 is 0. The monoisotopic (exact) mass is 363 g/mol. The predicted octanol–water partition coefficient (Wildman–Crippen LogP) is 7.63. The van der Waals surface area contributed by atoms with Crippen LogP contribution < -0.4 is 0 Å². The standard InChI is InChI=1S/C26H37N/c1-3-5-6-8-24-15-18-26(27-20-24)25-16-13-22(14-17-25)11-12-23-10-7-9-21(4-2)19-23/h13-18,20-21,23H,3-12,19H2,1-2H3. The van der Waals surface area contributed by atoms with Gasteiger partial charge in [-0.15, -0.1) is 0 Å². The van der Waals surface area contributed by atoms with Gasteiger partial charge >= 0.3 is 0 Å². The van der Waals surface area contributed by atoms with E-state index >= 15 is 0 Å². The smallest absolute Gasteiger partial charge is 0.0702 e. The Hall–Kier alpha value is -1.63. The van der Waals surface area contributed by atoms with Gasteiger partial charge in [-0.2, -0.15) is 0 Å². The number of benzene rings is 1. The number of rotatable bonds is 9. The Morgan fingerprint density at radius 1 is 0.852 bits per heavy atom. The highest BCUT2D eigenvalue weighted by Crippen LogP contribution is 2.33. The van der Waals surface area contributed by atoms with Crippen molar-refractivity contribution in [3.63, 3.8) is 0 Å². The van der Waals surface area contributed by atoms with Crippen LogP contribution in [0.2, 0.25) is 0 Å². The third-order valence-corrected chi connectivity index (χ3v) is 6.45. The topological polar surface area (TPSA) is 12.9 Å². The molecule has 0 bridgehead atoms. The second-order valence-corrected chi connectivity index (χ2v) is 8.55. The molecule has 1 heterocycles. The highest BCUT2D eigenvalue weighted by molar-refractivity contribution is 5.59. The number of unbranched alkanes of at least 4 members (excludes halogenated alkanes) is 2. The van der Waals surface area contributed by atoms with Crippen molar-refractivity contribution in [1.82, 2.24) is 4.98 Å². The number of nitrogens with zero attached hydrogens (tertiary/aromatic N) is 1. The molecule has 1 aliphatic rings. The van der Waals surface area contributed by atoms with Gasteiger partial charge < -0.3 is 0 Å². The lowest BCUT2D eigenvalue weighted by atomic mass is 9.78. The second kappa shape index (κ2) is 10.6. The van der Waals surface area contributed by atoms with Crippen molar-refractivity contribution in [2.45, 2.75) is 84.5 Å². The Balaban J connectivity index is 1.51. The van der Waals surface area contributed by atoms with E-state index in [2.05, 4.69) is 56.4 Å². The second-order valence-electron chi connectivity index (χ2n) is 8.55. The molecule has 0 aliphatic heterocycles. The van der Waals surface area contributed by atoms with Crippen LogP contribution in [-0.2, 0) is 12.8 Å². The van der Waals surface area contributed by atoms with Crippen LogP contribution in [0.1, 0.15) is 82.8 Å².